The lowest BCUT2D eigenvalue weighted by molar-refractivity contribution is -0.115. The second-order valence-corrected chi connectivity index (χ2v) is 7.70. The van der Waals surface area contributed by atoms with Crippen LogP contribution in [-0.2, 0) is 14.6 Å². The van der Waals surface area contributed by atoms with Crippen molar-refractivity contribution in [2.45, 2.75) is 25.2 Å². The SMILES string of the molecule is COc1ccc(S(=O)(=O)CCC(=O)Nc2ccc(C)c(C)c2)cc1. The topological polar surface area (TPSA) is 72.5 Å². The summed E-state index contributed by atoms with van der Waals surface area (Å²) in [5.74, 6) is 0.0208. The first kappa shape index (κ1) is 18.0. The molecular formula is C18H21NO4S. The number of benzene rings is 2. The maximum atomic E-state index is 12.3. The van der Waals surface area contributed by atoms with Gasteiger partial charge < -0.3 is 10.1 Å². The Morgan fingerprint density at radius 3 is 2.29 bits per heavy atom. The number of carbonyl (C=O) groups is 1. The van der Waals surface area contributed by atoms with E-state index in [-0.39, 0.29) is 23.0 Å². The summed E-state index contributed by atoms with van der Waals surface area (Å²) in [4.78, 5) is 12.2. The molecule has 24 heavy (non-hydrogen) atoms. The van der Waals surface area contributed by atoms with E-state index in [4.69, 9.17) is 4.74 Å². The summed E-state index contributed by atoms with van der Waals surface area (Å²) < 4.78 is 29.5. The monoisotopic (exact) mass is 347 g/mol. The third kappa shape index (κ3) is 4.58. The van der Waals surface area contributed by atoms with E-state index >= 15 is 0 Å². The van der Waals surface area contributed by atoms with Crippen LogP contribution in [0.4, 0.5) is 5.69 Å². The van der Waals surface area contributed by atoms with E-state index in [9.17, 15) is 13.2 Å². The number of aryl methyl sites for hydroxylation is 2. The van der Waals surface area contributed by atoms with Gasteiger partial charge >= 0.3 is 0 Å². The Bertz CT molecular complexity index is 827. The zero-order valence-electron chi connectivity index (χ0n) is 14.0. The highest BCUT2D eigenvalue weighted by Gasteiger charge is 2.16. The summed E-state index contributed by atoms with van der Waals surface area (Å²) in [7, 11) is -1.99. The number of methoxy groups -OCH3 is 1. The third-order valence-electron chi connectivity index (χ3n) is 3.81. The molecule has 0 aliphatic rings. The van der Waals surface area contributed by atoms with Crippen molar-refractivity contribution in [2.75, 3.05) is 18.2 Å². The highest BCUT2D eigenvalue weighted by atomic mass is 32.2. The van der Waals surface area contributed by atoms with Crippen LogP contribution in [0.2, 0.25) is 0 Å². The minimum atomic E-state index is -3.50. The molecule has 0 heterocycles. The summed E-state index contributed by atoms with van der Waals surface area (Å²) in [6, 6.07) is 11.7. The first-order chi connectivity index (χ1) is 11.3. The minimum Gasteiger partial charge on any atom is -0.497 e. The molecule has 0 saturated carbocycles. The minimum absolute atomic E-state index is 0.0959. The van der Waals surface area contributed by atoms with Crippen LogP contribution in [0.1, 0.15) is 17.5 Å². The van der Waals surface area contributed by atoms with E-state index in [1.54, 1.807) is 18.2 Å². The highest BCUT2D eigenvalue weighted by molar-refractivity contribution is 7.91. The lowest BCUT2D eigenvalue weighted by Crippen LogP contribution is -2.17. The zero-order chi connectivity index (χ0) is 17.7. The highest BCUT2D eigenvalue weighted by Crippen LogP contribution is 2.18. The summed E-state index contributed by atoms with van der Waals surface area (Å²) >= 11 is 0. The Labute approximate surface area is 142 Å². The van der Waals surface area contributed by atoms with Gasteiger partial charge in [-0.15, -0.1) is 0 Å². The standard InChI is InChI=1S/C18H21NO4S/c1-13-4-5-15(12-14(13)2)19-18(20)10-11-24(21,22)17-8-6-16(23-3)7-9-17/h4-9,12H,10-11H2,1-3H3,(H,19,20). The number of carbonyl (C=O) groups excluding carboxylic acids is 1. The molecule has 0 saturated heterocycles. The molecule has 1 N–H and O–H groups in total. The summed E-state index contributed by atoms with van der Waals surface area (Å²) in [5, 5.41) is 2.73. The number of nitrogens with one attached hydrogen (secondary N) is 1. The van der Waals surface area contributed by atoms with E-state index < -0.39 is 9.84 Å². The van der Waals surface area contributed by atoms with Crippen molar-refractivity contribution in [3.63, 3.8) is 0 Å². The smallest absolute Gasteiger partial charge is 0.225 e. The summed E-state index contributed by atoms with van der Waals surface area (Å²) in [5.41, 5.74) is 2.87. The lowest BCUT2D eigenvalue weighted by Gasteiger charge is -2.08. The quantitative estimate of drug-likeness (QED) is 0.871. The van der Waals surface area contributed by atoms with Gasteiger partial charge in [0.2, 0.25) is 5.91 Å². The third-order valence-corrected chi connectivity index (χ3v) is 5.54. The molecule has 6 heteroatoms. The molecule has 2 aromatic carbocycles. The average molecular weight is 347 g/mol. The largest absolute Gasteiger partial charge is 0.497 e. The van der Waals surface area contributed by atoms with E-state index in [1.807, 2.05) is 26.0 Å². The molecule has 2 aromatic rings. The average Bonchev–Trinajstić information content (AvgIpc) is 2.56. The Morgan fingerprint density at radius 1 is 1.04 bits per heavy atom. The fourth-order valence-corrected chi connectivity index (χ4v) is 3.41. The number of rotatable bonds is 6. The fraction of sp³-hybridized carbons (Fsp3) is 0.278. The molecule has 2 rings (SSSR count). The Morgan fingerprint density at radius 2 is 1.71 bits per heavy atom. The van der Waals surface area contributed by atoms with Crippen LogP contribution in [0.15, 0.2) is 47.4 Å². The van der Waals surface area contributed by atoms with Crippen LogP contribution in [0.5, 0.6) is 5.75 Å². The molecule has 0 aliphatic heterocycles. The molecule has 0 radical (unpaired) electrons. The van der Waals surface area contributed by atoms with Crippen molar-refractivity contribution in [1.29, 1.82) is 0 Å². The van der Waals surface area contributed by atoms with Crippen LogP contribution in [-0.4, -0.2) is 27.2 Å². The normalized spacial score (nSPS) is 11.1. The van der Waals surface area contributed by atoms with Crippen molar-refractivity contribution >= 4 is 21.4 Å². The summed E-state index contributed by atoms with van der Waals surface area (Å²) in [6.45, 7) is 3.95. The van der Waals surface area contributed by atoms with E-state index in [1.165, 1.54) is 19.2 Å². The fourth-order valence-electron chi connectivity index (χ4n) is 2.17. The second-order valence-electron chi connectivity index (χ2n) is 5.59. The van der Waals surface area contributed by atoms with Gasteiger partial charge in [0.1, 0.15) is 5.75 Å². The van der Waals surface area contributed by atoms with Gasteiger partial charge in [-0.05, 0) is 61.4 Å². The van der Waals surface area contributed by atoms with Gasteiger partial charge in [0.15, 0.2) is 9.84 Å². The second kappa shape index (κ2) is 7.49. The Balaban J connectivity index is 1.97. The number of sulfone groups is 1. The van der Waals surface area contributed by atoms with E-state index in [0.29, 0.717) is 11.4 Å². The molecule has 0 atom stereocenters. The maximum absolute atomic E-state index is 12.3. The van der Waals surface area contributed by atoms with Crippen LogP contribution >= 0.6 is 0 Å². The van der Waals surface area contributed by atoms with Crippen LogP contribution in [0, 0.1) is 13.8 Å². The molecule has 0 fully saturated rings. The maximum Gasteiger partial charge on any atom is 0.225 e. The number of amides is 1. The van der Waals surface area contributed by atoms with Gasteiger partial charge in [0, 0.05) is 12.1 Å². The van der Waals surface area contributed by atoms with Crippen LogP contribution < -0.4 is 10.1 Å². The van der Waals surface area contributed by atoms with Gasteiger partial charge in [0.05, 0.1) is 17.8 Å². The van der Waals surface area contributed by atoms with Gasteiger partial charge in [-0.2, -0.15) is 0 Å². The van der Waals surface area contributed by atoms with Crippen molar-refractivity contribution < 1.29 is 17.9 Å². The molecule has 1 amide bonds. The van der Waals surface area contributed by atoms with Gasteiger partial charge in [-0.3, -0.25) is 4.79 Å². The molecule has 5 nitrogen and oxygen atoms in total. The van der Waals surface area contributed by atoms with Crippen LogP contribution in [0.3, 0.4) is 0 Å². The van der Waals surface area contributed by atoms with E-state index in [0.717, 1.165) is 11.1 Å². The molecule has 0 aromatic heterocycles. The lowest BCUT2D eigenvalue weighted by atomic mass is 10.1. The van der Waals surface area contributed by atoms with Crippen LogP contribution in [0.25, 0.3) is 0 Å². The predicted molar refractivity (Wildman–Crippen MR) is 94.2 cm³/mol. The van der Waals surface area contributed by atoms with Gasteiger partial charge in [-0.1, -0.05) is 6.07 Å². The Kier molecular flexibility index (Phi) is 5.62. The number of ether oxygens (including phenoxy) is 1. The van der Waals surface area contributed by atoms with Crippen molar-refractivity contribution in [2.24, 2.45) is 0 Å². The zero-order valence-corrected chi connectivity index (χ0v) is 14.8. The van der Waals surface area contributed by atoms with Crippen molar-refractivity contribution in [1.82, 2.24) is 0 Å². The van der Waals surface area contributed by atoms with Crippen molar-refractivity contribution in [3.05, 3.63) is 53.6 Å². The number of hydrogen-bond donors (Lipinski definition) is 1. The first-order valence-electron chi connectivity index (χ1n) is 7.56. The molecule has 0 spiro atoms. The predicted octanol–water partition coefficient (Wildman–Crippen LogP) is 3.11. The number of hydrogen-bond acceptors (Lipinski definition) is 4. The molecule has 0 bridgehead atoms. The van der Waals surface area contributed by atoms with Gasteiger partial charge in [-0.25, -0.2) is 8.42 Å². The molecule has 0 aliphatic carbocycles. The molecular weight excluding hydrogens is 326 g/mol. The first-order valence-corrected chi connectivity index (χ1v) is 9.21. The van der Waals surface area contributed by atoms with E-state index in [2.05, 4.69) is 5.32 Å². The molecule has 128 valence electrons. The Hall–Kier alpha value is -2.34. The number of anilines is 1. The summed E-state index contributed by atoms with van der Waals surface area (Å²) in [6.07, 6.45) is -0.0959. The molecule has 0 unspecified atom stereocenters. The van der Waals surface area contributed by atoms with Gasteiger partial charge in [0.25, 0.3) is 0 Å². The van der Waals surface area contributed by atoms with Crippen molar-refractivity contribution in [3.8, 4) is 5.75 Å².